The van der Waals surface area contributed by atoms with Gasteiger partial charge in [0.25, 0.3) is 11.8 Å². The lowest BCUT2D eigenvalue weighted by Crippen LogP contribution is -2.22. The van der Waals surface area contributed by atoms with Crippen LogP contribution >= 0.6 is 0 Å². The van der Waals surface area contributed by atoms with Crippen molar-refractivity contribution >= 4 is 34.2 Å². The highest BCUT2D eigenvalue weighted by Crippen LogP contribution is 2.32. The van der Waals surface area contributed by atoms with Crippen LogP contribution in [0.15, 0.2) is 77.2 Å². The SMILES string of the molecule is COc1ccccc1NC(=O)c1oc2ccccc2c1NC(=O)COc1ccc(C)cc1. The number of ether oxygens (including phenoxy) is 2. The topological polar surface area (TPSA) is 89.8 Å². The number of fused-ring (bicyclic) bond motifs is 1. The summed E-state index contributed by atoms with van der Waals surface area (Å²) in [7, 11) is 1.52. The molecule has 162 valence electrons. The lowest BCUT2D eigenvalue weighted by Gasteiger charge is -2.10. The van der Waals surface area contributed by atoms with E-state index in [0.717, 1.165) is 5.56 Å². The molecule has 0 atom stereocenters. The van der Waals surface area contributed by atoms with Crippen molar-refractivity contribution in [2.45, 2.75) is 6.92 Å². The molecule has 0 radical (unpaired) electrons. The van der Waals surface area contributed by atoms with Crippen LogP contribution < -0.4 is 20.1 Å². The van der Waals surface area contributed by atoms with Gasteiger partial charge in [-0.3, -0.25) is 9.59 Å². The fourth-order valence-corrected chi connectivity index (χ4v) is 3.22. The zero-order valence-corrected chi connectivity index (χ0v) is 17.7. The molecule has 1 aromatic heterocycles. The van der Waals surface area contributed by atoms with Crippen LogP contribution in [0.5, 0.6) is 11.5 Å². The Labute approximate surface area is 184 Å². The largest absolute Gasteiger partial charge is 0.495 e. The fourth-order valence-electron chi connectivity index (χ4n) is 3.22. The number of rotatable bonds is 7. The number of anilines is 2. The average Bonchev–Trinajstić information content (AvgIpc) is 3.17. The monoisotopic (exact) mass is 430 g/mol. The van der Waals surface area contributed by atoms with Crippen molar-refractivity contribution in [2.75, 3.05) is 24.4 Å². The summed E-state index contributed by atoms with van der Waals surface area (Å²) in [6.07, 6.45) is 0. The first-order chi connectivity index (χ1) is 15.5. The van der Waals surface area contributed by atoms with E-state index in [9.17, 15) is 9.59 Å². The number of carbonyl (C=O) groups is 2. The van der Waals surface area contributed by atoms with Gasteiger partial charge in [0.2, 0.25) is 5.76 Å². The molecule has 7 nitrogen and oxygen atoms in total. The maximum atomic E-state index is 13.0. The Morgan fingerprint density at radius 1 is 0.906 bits per heavy atom. The summed E-state index contributed by atoms with van der Waals surface area (Å²) in [4.78, 5) is 25.6. The smallest absolute Gasteiger partial charge is 0.293 e. The number of hydrogen-bond acceptors (Lipinski definition) is 5. The van der Waals surface area contributed by atoms with Crippen LogP contribution in [-0.2, 0) is 4.79 Å². The predicted molar refractivity (Wildman–Crippen MR) is 122 cm³/mol. The Morgan fingerprint density at radius 3 is 2.41 bits per heavy atom. The first-order valence-corrected chi connectivity index (χ1v) is 10.0. The van der Waals surface area contributed by atoms with Crippen LogP contribution in [0, 0.1) is 6.92 Å². The van der Waals surface area contributed by atoms with Gasteiger partial charge < -0.3 is 24.5 Å². The standard InChI is InChI=1S/C25H22N2O5/c1-16-11-13-17(14-12-16)31-15-22(28)27-23-18-7-3-5-9-20(18)32-24(23)25(29)26-19-8-4-6-10-21(19)30-2/h3-14H,15H2,1-2H3,(H,26,29)(H,27,28). The summed E-state index contributed by atoms with van der Waals surface area (Å²) in [6.45, 7) is 1.76. The predicted octanol–water partition coefficient (Wildman–Crippen LogP) is 5.02. The molecule has 2 N–H and O–H groups in total. The van der Waals surface area contributed by atoms with Gasteiger partial charge in [0.05, 0.1) is 12.8 Å². The molecule has 0 unspecified atom stereocenters. The number of nitrogens with one attached hydrogen (secondary N) is 2. The maximum Gasteiger partial charge on any atom is 0.293 e. The minimum atomic E-state index is -0.513. The van der Waals surface area contributed by atoms with E-state index >= 15 is 0 Å². The van der Waals surface area contributed by atoms with E-state index in [1.807, 2.05) is 19.1 Å². The van der Waals surface area contributed by atoms with Gasteiger partial charge in [-0.05, 0) is 43.3 Å². The second kappa shape index (κ2) is 9.26. The third-order valence-electron chi connectivity index (χ3n) is 4.81. The highest BCUT2D eigenvalue weighted by molar-refractivity contribution is 6.15. The lowest BCUT2D eigenvalue weighted by atomic mass is 10.2. The van der Waals surface area contributed by atoms with E-state index in [-0.39, 0.29) is 18.1 Å². The molecular weight excluding hydrogens is 408 g/mol. The first-order valence-electron chi connectivity index (χ1n) is 10.0. The van der Waals surface area contributed by atoms with Crippen LogP contribution in [0.1, 0.15) is 16.1 Å². The molecular formula is C25H22N2O5. The van der Waals surface area contributed by atoms with Crippen molar-refractivity contribution in [3.05, 3.63) is 84.1 Å². The molecule has 0 saturated carbocycles. The summed E-state index contributed by atoms with van der Waals surface area (Å²) in [5.74, 6) is 0.149. The Bertz CT molecular complexity index is 1260. The normalized spacial score (nSPS) is 10.6. The van der Waals surface area contributed by atoms with E-state index in [1.54, 1.807) is 60.7 Å². The van der Waals surface area contributed by atoms with E-state index in [0.29, 0.717) is 28.2 Å². The van der Waals surface area contributed by atoms with E-state index in [2.05, 4.69) is 10.6 Å². The van der Waals surface area contributed by atoms with Gasteiger partial charge >= 0.3 is 0 Å². The van der Waals surface area contributed by atoms with Crippen molar-refractivity contribution in [1.82, 2.24) is 0 Å². The highest BCUT2D eigenvalue weighted by atomic mass is 16.5. The van der Waals surface area contributed by atoms with Gasteiger partial charge in [0.1, 0.15) is 22.8 Å². The van der Waals surface area contributed by atoms with Gasteiger partial charge in [-0.25, -0.2) is 0 Å². The maximum absolute atomic E-state index is 13.0. The number of amides is 2. The second-order valence-corrected chi connectivity index (χ2v) is 7.11. The van der Waals surface area contributed by atoms with Crippen LogP contribution in [-0.4, -0.2) is 25.5 Å². The number of para-hydroxylation sites is 3. The van der Waals surface area contributed by atoms with Gasteiger partial charge in [0.15, 0.2) is 6.61 Å². The molecule has 2 amide bonds. The first kappa shape index (κ1) is 21.0. The van der Waals surface area contributed by atoms with E-state index < -0.39 is 11.8 Å². The lowest BCUT2D eigenvalue weighted by molar-refractivity contribution is -0.118. The minimum absolute atomic E-state index is 0.0132. The molecule has 0 aliphatic heterocycles. The fraction of sp³-hybridized carbons (Fsp3) is 0.120. The van der Waals surface area contributed by atoms with Crippen molar-refractivity contribution in [3.63, 3.8) is 0 Å². The van der Waals surface area contributed by atoms with Crippen molar-refractivity contribution in [3.8, 4) is 11.5 Å². The highest BCUT2D eigenvalue weighted by Gasteiger charge is 2.23. The number of furan rings is 1. The quantitative estimate of drug-likeness (QED) is 0.430. The number of methoxy groups -OCH3 is 1. The van der Waals surface area contributed by atoms with Crippen LogP contribution in [0.2, 0.25) is 0 Å². The molecule has 32 heavy (non-hydrogen) atoms. The molecule has 0 spiro atoms. The Kier molecular flexibility index (Phi) is 6.07. The van der Waals surface area contributed by atoms with E-state index in [1.165, 1.54) is 7.11 Å². The number of aryl methyl sites for hydroxylation is 1. The summed E-state index contributed by atoms with van der Waals surface area (Å²) in [6, 6.07) is 21.5. The zero-order valence-electron chi connectivity index (χ0n) is 17.7. The van der Waals surface area contributed by atoms with Gasteiger partial charge in [-0.1, -0.05) is 42.0 Å². The zero-order chi connectivity index (χ0) is 22.5. The Hall–Kier alpha value is -4.26. The average molecular weight is 430 g/mol. The summed E-state index contributed by atoms with van der Waals surface area (Å²) < 4.78 is 16.6. The summed E-state index contributed by atoms with van der Waals surface area (Å²) in [5.41, 5.74) is 2.34. The molecule has 0 aliphatic rings. The molecule has 1 heterocycles. The number of hydrogen-bond donors (Lipinski definition) is 2. The van der Waals surface area contributed by atoms with Crippen molar-refractivity contribution in [1.29, 1.82) is 0 Å². The molecule has 4 rings (SSSR count). The molecule has 4 aromatic rings. The van der Waals surface area contributed by atoms with Gasteiger partial charge in [0, 0.05) is 5.39 Å². The molecule has 0 saturated heterocycles. The molecule has 0 fully saturated rings. The molecule has 7 heteroatoms. The molecule has 0 bridgehead atoms. The van der Waals surface area contributed by atoms with Gasteiger partial charge in [-0.15, -0.1) is 0 Å². The van der Waals surface area contributed by atoms with Gasteiger partial charge in [-0.2, -0.15) is 0 Å². The van der Waals surface area contributed by atoms with Crippen LogP contribution in [0.25, 0.3) is 11.0 Å². The van der Waals surface area contributed by atoms with Crippen LogP contribution in [0.3, 0.4) is 0 Å². The summed E-state index contributed by atoms with van der Waals surface area (Å²) >= 11 is 0. The molecule has 3 aromatic carbocycles. The Balaban J connectivity index is 1.56. The Morgan fingerprint density at radius 2 is 1.62 bits per heavy atom. The number of carbonyl (C=O) groups excluding carboxylic acids is 2. The van der Waals surface area contributed by atoms with Crippen LogP contribution in [0.4, 0.5) is 11.4 Å². The van der Waals surface area contributed by atoms with E-state index in [4.69, 9.17) is 13.9 Å². The minimum Gasteiger partial charge on any atom is -0.495 e. The second-order valence-electron chi connectivity index (χ2n) is 7.11. The third-order valence-corrected chi connectivity index (χ3v) is 4.81. The number of benzene rings is 3. The van der Waals surface area contributed by atoms with Crippen molar-refractivity contribution in [2.24, 2.45) is 0 Å². The molecule has 0 aliphatic carbocycles. The summed E-state index contributed by atoms with van der Waals surface area (Å²) in [5, 5.41) is 6.15. The third kappa shape index (κ3) is 4.57. The van der Waals surface area contributed by atoms with Crippen molar-refractivity contribution < 1.29 is 23.5 Å².